The molecule has 2 unspecified atom stereocenters. The Labute approximate surface area is 130 Å². The maximum atomic E-state index is 12.2. The Morgan fingerprint density at radius 3 is 2.67 bits per heavy atom. The Morgan fingerprint density at radius 1 is 1.33 bits per heavy atom. The number of benzene rings is 1. The second-order valence-electron chi connectivity index (χ2n) is 4.88. The maximum Gasteiger partial charge on any atom is 0.240 e. The highest BCUT2D eigenvalue weighted by molar-refractivity contribution is 7.89. The van der Waals surface area contributed by atoms with Crippen LogP contribution in [0.1, 0.15) is 31.9 Å². The molecule has 0 aliphatic carbocycles. The predicted octanol–water partition coefficient (Wildman–Crippen LogP) is 1.40. The average Bonchev–Trinajstić information content (AvgIpc) is 2.44. The van der Waals surface area contributed by atoms with Crippen LogP contribution in [0, 0.1) is 0 Å². The van der Waals surface area contributed by atoms with E-state index in [4.69, 9.17) is 0 Å². The molecule has 0 radical (unpaired) electrons. The zero-order chi connectivity index (χ0) is 15.9. The van der Waals surface area contributed by atoms with Gasteiger partial charge in [-0.25, -0.2) is 13.1 Å². The van der Waals surface area contributed by atoms with Crippen molar-refractivity contribution in [1.82, 2.24) is 10.0 Å². The summed E-state index contributed by atoms with van der Waals surface area (Å²) >= 11 is 0. The Bertz CT molecular complexity index is 573. The van der Waals surface area contributed by atoms with Crippen molar-refractivity contribution < 1.29 is 12.6 Å². The van der Waals surface area contributed by atoms with Gasteiger partial charge in [-0.2, -0.15) is 0 Å². The summed E-state index contributed by atoms with van der Waals surface area (Å²) in [6.45, 7) is 5.13. The minimum atomic E-state index is -3.51. The van der Waals surface area contributed by atoms with Crippen molar-refractivity contribution in [3.8, 4) is 0 Å². The maximum absolute atomic E-state index is 12.2. The first-order valence-corrected chi connectivity index (χ1v) is 10.2. The van der Waals surface area contributed by atoms with E-state index >= 15 is 0 Å². The summed E-state index contributed by atoms with van der Waals surface area (Å²) in [6.07, 6.45) is 2.18. The molecule has 0 bridgehead atoms. The van der Waals surface area contributed by atoms with Gasteiger partial charge in [0.05, 0.1) is 4.90 Å². The first-order valence-electron chi connectivity index (χ1n) is 7.00. The molecule has 0 fully saturated rings. The normalized spacial score (nSPS) is 14.8. The molecular formula is C14H24N2O3S2. The van der Waals surface area contributed by atoms with E-state index < -0.39 is 20.8 Å². The van der Waals surface area contributed by atoms with Gasteiger partial charge in [0.2, 0.25) is 10.0 Å². The first kappa shape index (κ1) is 18.3. The van der Waals surface area contributed by atoms with Crippen LogP contribution >= 0.6 is 0 Å². The van der Waals surface area contributed by atoms with Gasteiger partial charge in [-0.15, -0.1) is 0 Å². The van der Waals surface area contributed by atoms with E-state index in [-0.39, 0.29) is 10.9 Å². The summed E-state index contributed by atoms with van der Waals surface area (Å²) in [4.78, 5) is 0.266. The monoisotopic (exact) mass is 332 g/mol. The number of rotatable bonds is 9. The van der Waals surface area contributed by atoms with E-state index in [1.54, 1.807) is 24.5 Å². The molecule has 7 heteroatoms. The second-order valence-corrected chi connectivity index (χ2v) is 8.20. The van der Waals surface area contributed by atoms with Crippen LogP contribution in [0.25, 0.3) is 0 Å². The minimum absolute atomic E-state index is 0.104. The Kier molecular flexibility index (Phi) is 7.51. The van der Waals surface area contributed by atoms with Gasteiger partial charge < -0.3 is 5.32 Å². The van der Waals surface area contributed by atoms with E-state index in [1.165, 1.54) is 0 Å². The van der Waals surface area contributed by atoms with Gasteiger partial charge in [-0.3, -0.25) is 4.21 Å². The highest BCUT2D eigenvalue weighted by atomic mass is 32.2. The molecule has 1 rings (SSSR count). The number of nitrogens with one attached hydrogen (secondary N) is 2. The van der Waals surface area contributed by atoms with E-state index in [9.17, 15) is 12.6 Å². The molecule has 0 amide bonds. The average molecular weight is 332 g/mol. The molecule has 120 valence electrons. The highest BCUT2D eigenvalue weighted by Gasteiger charge is 2.15. The summed E-state index contributed by atoms with van der Waals surface area (Å²) < 4.78 is 37.9. The lowest BCUT2D eigenvalue weighted by atomic mass is 10.1. The van der Waals surface area contributed by atoms with Crippen LogP contribution in [0.15, 0.2) is 29.2 Å². The van der Waals surface area contributed by atoms with Crippen LogP contribution in [-0.2, 0) is 20.8 Å². The van der Waals surface area contributed by atoms with E-state index in [0.29, 0.717) is 18.7 Å². The molecule has 0 heterocycles. The minimum Gasteiger partial charge on any atom is -0.310 e. The molecule has 0 aliphatic rings. The summed E-state index contributed by atoms with van der Waals surface area (Å²) in [5, 5.41) is 3.26. The molecule has 21 heavy (non-hydrogen) atoms. The first-order chi connectivity index (χ1) is 9.86. The van der Waals surface area contributed by atoms with Gasteiger partial charge in [-0.05, 0) is 37.6 Å². The van der Waals surface area contributed by atoms with Crippen LogP contribution in [0.4, 0.5) is 0 Å². The van der Waals surface area contributed by atoms with Crippen LogP contribution < -0.4 is 10.0 Å². The molecule has 1 aromatic carbocycles. The van der Waals surface area contributed by atoms with Crippen molar-refractivity contribution in [2.24, 2.45) is 0 Å². The number of hydrogen-bond donors (Lipinski definition) is 2. The van der Waals surface area contributed by atoms with Gasteiger partial charge in [-0.1, -0.05) is 19.1 Å². The number of hydrogen-bond acceptors (Lipinski definition) is 4. The van der Waals surface area contributed by atoms with Gasteiger partial charge in [0, 0.05) is 35.4 Å². The molecule has 0 saturated heterocycles. The molecule has 1 aromatic rings. The Morgan fingerprint density at radius 2 is 2.05 bits per heavy atom. The van der Waals surface area contributed by atoms with E-state index in [0.717, 1.165) is 12.1 Å². The quantitative estimate of drug-likeness (QED) is 0.670. The third-order valence-corrected chi connectivity index (χ3v) is 5.40. The lowest BCUT2D eigenvalue weighted by Gasteiger charge is -2.14. The van der Waals surface area contributed by atoms with Crippen LogP contribution in [0.5, 0.6) is 0 Å². The zero-order valence-corrected chi connectivity index (χ0v) is 14.4. The molecule has 2 atom stereocenters. The highest BCUT2D eigenvalue weighted by Crippen LogP contribution is 2.17. The topological polar surface area (TPSA) is 75.3 Å². The third kappa shape index (κ3) is 6.25. The molecule has 0 aliphatic heterocycles. The fourth-order valence-corrected chi connectivity index (χ4v) is 3.62. The van der Waals surface area contributed by atoms with Crippen molar-refractivity contribution in [3.05, 3.63) is 29.8 Å². The molecule has 0 saturated carbocycles. The molecule has 5 nitrogen and oxygen atoms in total. The molecule has 0 spiro atoms. The molecular weight excluding hydrogens is 308 g/mol. The molecule has 0 aromatic heterocycles. The summed E-state index contributed by atoms with van der Waals surface area (Å²) in [7, 11) is -4.40. The second kappa shape index (κ2) is 8.63. The summed E-state index contributed by atoms with van der Waals surface area (Å²) in [5.41, 5.74) is 0.939. The van der Waals surface area contributed by atoms with Gasteiger partial charge in [0.1, 0.15) is 0 Å². The fraction of sp³-hybridized carbons (Fsp3) is 0.571. The number of sulfonamides is 1. The summed E-state index contributed by atoms with van der Waals surface area (Å²) in [6, 6.07) is 7.04. The van der Waals surface area contributed by atoms with Crippen molar-refractivity contribution >= 4 is 20.8 Å². The van der Waals surface area contributed by atoms with Crippen molar-refractivity contribution in [1.29, 1.82) is 0 Å². The largest absolute Gasteiger partial charge is 0.310 e. The van der Waals surface area contributed by atoms with Crippen LogP contribution in [-0.4, -0.2) is 37.7 Å². The molecule has 2 N–H and O–H groups in total. The van der Waals surface area contributed by atoms with Gasteiger partial charge in [0.25, 0.3) is 0 Å². The van der Waals surface area contributed by atoms with E-state index in [2.05, 4.69) is 10.0 Å². The fourth-order valence-electron chi connectivity index (χ4n) is 1.94. The Hall–Kier alpha value is -0.760. The van der Waals surface area contributed by atoms with Crippen molar-refractivity contribution in [2.45, 2.75) is 31.2 Å². The standard InChI is InChI=1S/C14H24N2O3S2/c1-4-15-12(2)13-7-5-8-14(11-13)21(18,19)16-9-6-10-20(3)17/h5,7-8,11-12,15-16H,4,6,9-10H2,1-3H3. The van der Waals surface area contributed by atoms with Crippen molar-refractivity contribution in [3.63, 3.8) is 0 Å². The zero-order valence-electron chi connectivity index (χ0n) is 12.8. The van der Waals surface area contributed by atoms with Crippen LogP contribution in [0.3, 0.4) is 0 Å². The lowest BCUT2D eigenvalue weighted by Crippen LogP contribution is -2.26. The van der Waals surface area contributed by atoms with Gasteiger partial charge >= 0.3 is 0 Å². The smallest absolute Gasteiger partial charge is 0.240 e. The van der Waals surface area contributed by atoms with E-state index in [1.807, 2.05) is 19.9 Å². The van der Waals surface area contributed by atoms with Gasteiger partial charge in [0.15, 0.2) is 0 Å². The van der Waals surface area contributed by atoms with Crippen molar-refractivity contribution in [2.75, 3.05) is 25.1 Å². The third-order valence-electron chi connectivity index (χ3n) is 3.08. The predicted molar refractivity (Wildman–Crippen MR) is 87.3 cm³/mol. The lowest BCUT2D eigenvalue weighted by molar-refractivity contribution is 0.578. The Balaban J connectivity index is 2.74. The SMILES string of the molecule is CCNC(C)c1cccc(S(=O)(=O)NCCCS(C)=O)c1. The summed E-state index contributed by atoms with van der Waals surface area (Å²) in [5.74, 6) is 0.500. The van der Waals surface area contributed by atoms with Crippen LogP contribution in [0.2, 0.25) is 0 Å².